The van der Waals surface area contributed by atoms with Gasteiger partial charge in [-0.15, -0.1) is 0 Å². The normalized spacial score (nSPS) is 19.7. The highest BCUT2D eigenvalue weighted by Crippen LogP contribution is 2.19. The molecule has 0 aromatic heterocycles. The molecule has 0 aliphatic carbocycles. The summed E-state index contributed by atoms with van der Waals surface area (Å²) >= 11 is 0. The lowest BCUT2D eigenvalue weighted by molar-refractivity contribution is 0.390. The Morgan fingerprint density at radius 1 is 0.621 bits per heavy atom. The highest BCUT2D eigenvalue weighted by atomic mass is 16.6. The monoisotopic (exact) mass is 394 g/mol. The Balaban J connectivity index is 1.12. The molecule has 2 aromatic carbocycles. The van der Waals surface area contributed by atoms with Crippen LogP contribution in [0.25, 0.3) is 0 Å². The third kappa shape index (κ3) is 7.71. The van der Waals surface area contributed by atoms with Crippen molar-refractivity contribution in [3.63, 3.8) is 0 Å². The second-order valence-corrected chi connectivity index (χ2v) is 8.33. The Bertz CT molecular complexity index is 658. The van der Waals surface area contributed by atoms with Crippen molar-refractivity contribution in [2.75, 3.05) is 36.9 Å². The maximum atomic E-state index is 5.25. The van der Waals surface area contributed by atoms with Gasteiger partial charge in [0.05, 0.1) is 25.4 Å². The molecule has 0 spiro atoms. The number of benzene rings is 2. The predicted octanol–water partition coefficient (Wildman–Crippen LogP) is 5.24. The fourth-order valence-electron chi connectivity index (χ4n) is 3.65. The molecule has 2 saturated heterocycles. The van der Waals surface area contributed by atoms with E-state index in [-0.39, 0.29) is 0 Å². The highest BCUT2D eigenvalue weighted by molar-refractivity contribution is 5.47. The molecule has 2 fully saturated rings. The Hall–Kier alpha value is -2.04. The zero-order valence-electron chi connectivity index (χ0n) is 17.4. The topological polar surface area (TPSA) is 49.1 Å². The third-order valence-corrected chi connectivity index (χ3v) is 5.68. The second-order valence-electron chi connectivity index (χ2n) is 8.33. The van der Waals surface area contributed by atoms with Crippen LogP contribution in [0, 0.1) is 0 Å². The Kier molecular flexibility index (Phi) is 7.44. The number of epoxide rings is 2. The number of nitrogens with one attached hydrogen (secondary N) is 2. The first kappa shape index (κ1) is 20.2. The van der Waals surface area contributed by atoms with Gasteiger partial charge in [-0.3, -0.25) is 0 Å². The van der Waals surface area contributed by atoms with Crippen LogP contribution in [0.2, 0.25) is 0 Å². The number of hydrogen-bond donors (Lipinski definition) is 2. The van der Waals surface area contributed by atoms with Crippen molar-refractivity contribution in [3.8, 4) is 0 Å². The van der Waals surface area contributed by atoms with E-state index in [4.69, 9.17) is 9.47 Å². The number of ether oxygens (including phenoxy) is 2. The molecule has 4 rings (SSSR count). The van der Waals surface area contributed by atoms with Crippen molar-refractivity contribution in [3.05, 3.63) is 59.7 Å². The van der Waals surface area contributed by atoms with E-state index in [1.807, 2.05) is 0 Å². The van der Waals surface area contributed by atoms with E-state index in [2.05, 4.69) is 59.2 Å². The number of rotatable bonds is 14. The minimum Gasteiger partial charge on any atom is -0.385 e. The zero-order valence-corrected chi connectivity index (χ0v) is 17.4. The van der Waals surface area contributed by atoms with Gasteiger partial charge in [-0.2, -0.15) is 0 Å². The standard InChI is InChI=1S/C25H34N2O2/c1(5-24-18-28-24)3-15-26-22-11-7-20(8-12-22)17-21-9-13-23(14-10-21)27-16-4-2-6-25-19-29-25/h7-14,24-27H,1-6,15-19H2. The first-order valence-electron chi connectivity index (χ1n) is 11.2. The van der Waals surface area contributed by atoms with E-state index in [1.54, 1.807) is 0 Å². The van der Waals surface area contributed by atoms with Gasteiger partial charge in [0, 0.05) is 24.5 Å². The Morgan fingerprint density at radius 2 is 1.03 bits per heavy atom. The highest BCUT2D eigenvalue weighted by Gasteiger charge is 2.21. The molecule has 156 valence electrons. The zero-order chi connectivity index (χ0) is 19.7. The smallest absolute Gasteiger partial charge is 0.0810 e. The van der Waals surface area contributed by atoms with Crippen LogP contribution in [0.1, 0.15) is 49.7 Å². The predicted molar refractivity (Wildman–Crippen MR) is 120 cm³/mol. The minimum atomic E-state index is 0.562. The molecule has 29 heavy (non-hydrogen) atoms. The van der Waals surface area contributed by atoms with Gasteiger partial charge in [0.2, 0.25) is 0 Å². The van der Waals surface area contributed by atoms with E-state index in [0.29, 0.717) is 12.2 Å². The molecule has 0 radical (unpaired) electrons. The van der Waals surface area contributed by atoms with Crippen LogP contribution in [0.5, 0.6) is 0 Å². The Labute approximate surface area is 175 Å². The van der Waals surface area contributed by atoms with Crippen LogP contribution < -0.4 is 10.6 Å². The molecule has 2 N–H and O–H groups in total. The lowest BCUT2D eigenvalue weighted by Gasteiger charge is -2.09. The van der Waals surface area contributed by atoms with E-state index in [0.717, 1.165) is 32.7 Å². The van der Waals surface area contributed by atoms with Crippen LogP contribution in [0.4, 0.5) is 11.4 Å². The van der Waals surface area contributed by atoms with E-state index in [1.165, 1.54) is 61.0 Å². The van der Waals surface area contributed by atoms with Crippen molar-refractivity contribution < 1.29 is 9.47 Å². The molecule has 2 aromatic rings. The maximum Gasteiger partial charge on any atom is 0.0810 e. The second kappa shape index (κ2) is 10.7. The number of anilines is 2. The average Bonchev–Trinajstić information content (AvgIpc) is 3.66. The summed E-state index contributed by atoms with van der Waals surface area (Å²) < 4.78 is 10.5. The van der Waals surface area contributed by atoms with Gasteiger partial charge in [0.1, 0.15) is 0 Å². The minimum absolute atomic E-state index is 0.562. The van der Waals surface area contributed by atoms with Gasteiger partial charge in [0.15, 0.2) is 0 Å². The quantitative estimate of drug-likeness (QED) is 0.340. The fraction of sp³-hybridized carbons (Fsp3) is 0.520. The summed E-state index contributed by atoms with van der Waals surface area (Å²) in [5.74, 6) is 0. The van der Waals surface area contributed by atoms with Crippen LogP contribution in [0.15, 0.2) is 48.5 Å². The van der Waals surface area contributed by atoms with E-state index < -0.39 is 0 Å². The fourth-order valence-corrected chi connectivity index (χ4v) is 3.65. The van der Waals surface area contributed by atoms with Crippen molar-refractivity contribution >= 4 is 11.4 Å². The van der Waals surface area contributed by atoms with Crippen molar-refractivity contribution in [1.29, 1.82) is 0 Å². The third-order valence-electron chi connectivity index (χ3n) is 5.68. The Morgan fingerprint density at radius 3 is 1.41 bits per heavy atom. The van der Waals surface area contributed by atoms with Crippen molar-refractivity contribution in [2.45, 2.75) is 57.2 Å². The summed E-state index contributed by atoms with van der Waals surface area (Å²) in [6.07, 6.45) is 9.43. The SMILES string of the molecule is c1cc(NCCCCC2CO2)ccc1Cc1ccc(NCCCCC2CO2)cc1. The summed E-state index contributed by atoms with van der Waals surface area (Å²) in [4.78, 5) is 0. The molecule has 2 heterocycles. The molecular weight excluding hydrogens is 360 g/mol. The summed E-state index contributed by atoms with van der Waals surface area (Å²) in [6.45, 7) is 4.03. The molecule has 2 aliphatic rings. The summed E-state index contributed by atoms with van der Waals surface area (Å²) in [7, 11) is 0. The van der Waals surface area contributed by atoms with Crippen LogP contribution in [-0.2, 0) is 15.9 Å². The van der Waals surface area contributed by atoms with E-state index in [9.17, 15) is 0 Å². The van der Waals surface area contributed by atoms with Gasteiger partial charge < -0.3 is 20.1 Å². The number of hydrogen-bond acceptors (Lipinski definition) is 4. The van der Waals surface area contributed by atoms with Gasteiger partial charge >= 0.3 is 0 Å². The molecule has 0 amide bonds. The van der Waals surface area contributed by atoms with Crippen LogP contribution in [0.3, 0.4) is 0 Å². The summed E-state index contributed by atoms with van der Waals surface area (Å²) in [5.41, 5.74) is 5.13. The van der Waals surface area contributed by atoms with Gasteiger partial charge in [-0.05, 0) is 80.3 Å². The first-order chi connectivity index (χ1) is 14.3. The summed E-state index contributed by atoms with van der Waals surface area (Å²) in [6, 6.07) is 17.7. The van der Waals surface area contributed by atoms with Crippen molar-refractivity contribution in [1.82, 2.24) is 0 Å². The van der Waals surface area contributed by atoms with E-state index >= 15 is 0 Å². The lowest BCUT2D eigenvalue weighted by atomic mass is 10.0. The first-order valence-corrected chi connectivity index (χ1v) is 11.2. The molecule has 0 bridgehead atoms. The molecule has 2 aliphatic heterocycles. The lowest BCUT2D eigenvalue weighted by Crippen LogP contribution is -2.02. The molecule has 2 unspecified atom stereocenters. The molecule has 2 atom stereocenters. The van der Waals surface area contributed by atoms with Gasteiger partial charge in [-0.25, -0.2) is 0 Å². The van der Waals surface area contributed by atoms with Crippen LogP contribution in [-0.4, -0.2) is 38.5 Å². The van der Waals surface area contributed by atoms with Gasteiger partial charge in [0.25, 0.3) is 0 Å². The van der Waals surface area contributed by atoms with Gasteiger partial charge in [-0.1, -0.05) is 24.3 Å². The van der Waals surface area contributed by atoms with Crippen molar-refractivity contribution in [2.24, 2.45) is 0 Å². The average molecular weight is 395 g/mol. The maximum absolute atomic E-state index is 5.25. The van der Waals surface area contributed by atoms with Crippen LogP contribution >= 0.6 is 0 Å². The summed E-state index contributed by atoms with van der Waals surface area (Å²) in [5, 5.41) is 7.04. The number of unbranched alkanes of at least 4 members (excludes halogenated alkanes) is 2. The molecular formula is C25H34N2O2. The molecule has 4 heteroatoms. The molecule has 0 saturated carbocycles. The molecule has 4 nitrogen and oxygen atoms in total. The largest absolute Gasteiger partial charge is 0.385 e.